The van der Waals surface area contributed by atoms with E-state index in [1.165, 1.54) is 35.6 Å². The van der Waals surface area contributed by atoms with E-state index in [0.29, 0.717) is 42.1 Å². The number of hydrogen-bond acceptors (Lipinski definition) is 15. The second-order valence-electron chi connectivity index (χ2n) is 12.3. The molecule has 7 atom stereocenters. The van der Waals surface area contributed by atoms with Crippen molar-refractivity contribution >= 4 is 68.8 Å². The number of phenols is 2. The minimum absolute atomic E-state index is 0.0636. The van der Waals surface area contributed by atoms with Crippen molar-refractivity contribution < 1.29 is 38.9 Å². The van der Waals surface area contributed by atoms with Crippen LogP contribution in [0.5, 0.6) is 11.5 Å². The summed E-state index contributed by atoms with van der Waals surface area (Å²) in [4.78, 5) is 59.3. The molecule has 0 aliphatic carbocycles. The van der Waals surface area contributed by atoms with Crippen molar-refractivity contribution in [2.24, 2.45) is 32.9 Å². The van der Waals surface area contributed by atoms with E-state index in [9.17, 15) is 29.4 Å². The predicted molar refractivity (Wildman–Crippen MR) is 192 cm³/mol. The third-order valence-electron chi connectivity index (χ3n) is 9.03. The Morgan fingerprint density at radius 1 is 1.16 bits per heavy atom. The van der Waals surface area contributed by atoms with E-state index in [-0.39, 0.29) is 59.8 Å². The number of ether oxygens (including phenoxy) is 2. The Kier molecular flexibility index (Phi) is 12.7. The number of anilines is 1. The molecule has 3 amide bonds. The van der Waals surface area contributed by atoms with E-state index in [1.807, 2.05) is 4.90 Å². The molecule has 0 aromatic heterocycles. The Balaban J connectivity index is 1.43. The molecular formula is C30H46N10O8S2. The lowest BCUT2D eigenvalue weighted by molar-refractivity contribution is -0.130. The number of aromatic hydroxyl groups is 2. The quantitative estimate of drug-likeness (QED) is 0.0221. The number of benzene rings is 1. The number of methoxy groups -OCH3 is 1. The van der Waals surface area contributed by atoms with Gasteiger partial charge in [-0.3, -0.25) is 24.4 Å². The summed E-state index contributed by atoms with van der Waals surface area (Å²) in [6, 6.07) is -2.66. The molecule has 3 heterocycles. The fourth-order valence-corrected chi connectivity index (χ4v) is 8.19. The van der Waals surface area contributed by atoms with Crippen molar-refractivity contribution in [3.05, 3.63) is 11.1 Å². The van der Waals surface area contributed by atoms with Crippen LogP contribution in [-0.4, -0.2) is 120 Å². The molecule has 2 saturated heterocycles. The zero-order valence-corrected chi connectivity index (χ0v) is 29.9. The van der Waals surface area contributed by atoms with Crippen LogP contribution in [0, 0.1) is 6.92 Å². The van der Waals surface area contributed by atoms with Crippen LogP contribution in [-0.2, 0) is 23.9 Å². The highest BCUT2D eigenvalue weighted by Crippen LogP contribution is 2.64. The molecule has 7 unspecified atom stereocenters. The number of hydrogen-bond donors (Lipinski definition) is 9. The van der Waals surface area contributed by atoms with Crippen molar-refractivity contribution in [3.63, 3.8) is 0 Å². The molecule has 1 aromatic carbocycles. The number of fused-ring (bicyclic) bond motifs is 5. The monoisotopic (exact) mass is 738 g/mol. The molecule has 0 radical (unpaired) electrons. The van der Waals surface area contributed by atoms with Gasteiger partial charge in [0, 0.05) is 55.1 Å². The fraction of sp³-hybridized carbons (Fsp3) is 0.600. The summed E-state index contributed by atoms with van der Waals surface area (Å²) in [5, 5.41) is 31.5. The normalized spacial score (nSPS) is 23.3. The highest BCUT2D eigenvalue weighted by atomic mass is 33.1. The van der Waals surface area contributed by atoms with Gasteiger partial charge in [-0.2, -0.15) is 0 Å². The third-order valence-corrected chi connectivity index (χ3v) is 11.3. The predicted octanol–water partition coefficient (Wildman–Crippen LogP) is -0.855. The molecular weight excluding hydrogens is 693 g/mol. The van der Waals surface area contributed by atoms with Gasteiger partial charge in [-0.15, -0.1) is 0 Å². The molecule has 0 saturated carbocycles. The summed E-state index contributed by atoms with van der Waals surface area (Å²) in [6.45, 7) is 5.16. The van der Waals surface area contributed by atoms with Crippen molar-refractivity contribution in [1.82, 2.24) is 16.0 Å². The molecule has 0 spiro atoms. The average Bonchev–Trinajstić information content (AvgIpc) is 3.67. The van der Waals surface area contributed by atoms with Crippen LogP contribution in [0.15, 0.2) is 9.98 Å². The summed E-state index contributed by atoms with van der Waals surface area (Å²) in [5.41, 5.74) is 22.1. The number of amides is 3. The lowest BCUT2D eigenvalue weighted by Gasteiger charge is -2.38. The van der Waals surface area contributed by atoms with Crippen LogP contribution in [0.4, 0.5) is 16.2 Å². The van der Waals surface area contributed by atoms with Crippen molar-refractivity contribution in [3.8, 4) is 11.5 Å². The highest BCUT2D eigenvalue weighted by Gasteiger charge is 2.71. The van der Waals surface area contributed by atoms with Crippen LogP contribution in [0.2, 0.25) is 0 Å². The summed E-state index contributed by atoms with van der Waals surface area (Å²) in [6.07, 6.45) is 1.30. The second-order valence-corrected chi connectivity index (χ2v) is 14.8. The number of ketones is 1. The van der Waals surface area contributed by atoms with E-state index in [4.69, 9.17) is 32.4 Å². The van der Waals surface area contributed by atoms with Crippen LogP contribution < -0.4 is 43.8 Å². The van der Waals surface area contributed by atoms with Crippen LogP contribution >= 0.6 is 21.6 Å². The van der Waals surface area contributed by atoms with Gasteiger partial charge in [-0.1, -0.05) is 21.6 Å². The van der Waals surface area contributed by atoms with Gasteiger partial charge >= 0.3 is 6.09 Å². The summed E-state index contributed by atoms with van der Waals surface area (Å²) >= 11 is 0. The molecule has 1 aromatic rings. The van der Waals surface area contributed by atoms with Gasteiger partial charge in [0.15, 0.2) is 17.5 Å². The number of piperazine rings is 1. The number of carbonyl (C=O) groups excluding carboxylic acids is 4. The maximum atomic E-state index is 13.0. The first-order valence-corrected chi connectivity index (χ1v) is 18.4. The Labute approximate surface area is 297 Å². The number of aliphatic imine (C=N–C) groups is 2. The molecule has 276 valence electrons. The molecule has 3 aliphatic rings. The number of carbonyl (C=O) groups is 4. The number of rotatable bonds is 18. The van der Waals surface area contributed by atoms with Gasteiger partial charge in [0.25, 0.3) is 0 Å². The van der Waals surface area contributed by atoms with E-state index in [0.717, 1.165) is 0 Å². The minimum Gasteiger partial charge on any atom is -0.505 e. The molecule has 0 bridgehead atoms. The molecule has 18 nitrogen and oxygen atoms in total. The van der Waals surface area contributed by atoms with Gasteiger partial charge < -0.3 is 63.5 Å². The lowest BCUT2D eigenvalue weighted by atomic mass is 9.88. The van der Waals surface area contributed by atoms with Crippen LogP contribution in [0.1, 0.15) is 43.7 Å². The maximum Gasteiger partial charge on any atom is 0.404 e. The number of Topliss-reactive ketones (excluding diaryl/α,β-unsaturated/α-hetero) is 1. The van der Waals surface area contributed by atoms with Gasteiger partial charge in [0.2, 0.25) is 11.8 Å². The third kappa shape index (κ3) is 8.14. The van der Waals surface area contributed by atoms with Crippen molar-refractivity contribution in [1.29, 1.82) is 0 Å². The Morgan fingerprint density at radius 2 is 1.88 bits per heavy atom. The molecule has 13 N–H and O–H groups in total. The summed E-state index contributed by atoms with van der Waals surface area (Å²) < 4.78 is 11.2. The SMILES string of the molecule is COC12C(COC(N)=O)c3c(O)c(N=CCSSCC(NC(=O)C(N)CCCN=C(N)N)C(=O)NC(C)C(C)=O)c(C)c(O)c3N1CC1NC12. The second kappa shape index (κ2) is 16.4. The molecule has 50 heavy (non-hydrogen) atoms. The number of nitrogens with two attached hydrogens (primary N) is 4. The van der Waals surface area contributed by atoms with E-state index in [1.54, 1.807) is 20.1 Å². The first-order valence-electron chi connectivity index (χ1n) is 15.9. The van der Waals surface area contributed by atoms with Gasteiger partial charge in [0.1, 0.15) is 29.8 Å². The van der Waals surface area contributed by atoms with E-state index in [2.05, 4.69) is 25.9 Å². The highest BCUT2D eigenvalue weighted by molar-refractivity contribution is 8.76. The molecule has 2 fully saturated rings. The largest absolute Gasteiger partial charge is 0.505 e. The average molecular weight is 739 g/mol. The number of nitrogens with one attached hydrogen (secondary N) is 3. The molecule has 3 aliphatic heterocycles. The fourth-order valence-electron chi connectivity index (χ4n) is 6.32. The lowest BCUT2D eigenvalue weighted by Crippen LogP contribution is -2.54. The van der Waals surface area contributed by atoms with Crippen molar-refractivity contribution in [2.75, 3.05) is 43.2 Å². The number of primary amides is 1. The van der Waals surface area contributed by atoms with Gasteiger partial charge in [0.05, 0.1) is 29.7 Å². The minimum atomic E-state index is -1.02. The summed E-state index contributed by atoms with van der Waals surface area (Å²) in [7, 11) is 4.13. The zero-order valence-electron chi connectivity index (χ0n) is 28.3. The zero-order chi connectivity index (χ0) is 36.9. The number of guanidine groups is 1. The summed E-state index contributed by atoms with van der Waals surface area (Å²) in [5.74, 6) is -1.87. The number of phenolic OH excluding ortho intramolecular Hbond substituents is 2. The Morgan fingerprint density at radius 3 is 2.52 bits per heavy atom. The Bertz CT molecular complexity index is 1540. The van der Waals surface area contributed by atoms with Crippen LogP contribution in [0.3, 0.4) is 0 Å². The molecule has 20 heteroatoms. The van der Waals surface area contributed by atoms with Crippen LogP contribution in [0.25, 0.3) is 0 Å². The van der Waals surface area contributed by atoms with E-state index < -0.39 is 47.7 Å². The smallest absolute Gasteiger partial charge is 0.404 e. The first kappa shape index (κ1) is 38.8. The number of nitrogens with zero attached hydrogens (tertiary/aromatic N) is 3. The topological polar surface area (TPSA) is 305 Å². The Hall–Kier alpha value is -3.98. The molecule has 4 rings (SSSR count). The van der Waals surface area contributed by atoms with Gasteiger partial charge in [-0.05, 0) is 33.6 Å². The van der Waals surface area contributed by atoms with E-state index >= 15 is 0 Å². The van der Waals surface area contributed by atoms with Gasteiger partial charge in [-0.25, -0.2) is 4.79 Å². The van der Waals surface area contributed by atoms with Crippen molar-refractivity contribution in [2.45, 2.75) is 75.5 Å². The standard InChI is InChI=1S/C30H46N10O8S2/c1-13-21(24(43)20-16(11-48-29(34)46)30(47-4)25-18(38-25)10-40(30)22(20)23(13)42)35-8-9-49-50-12-19(27(45)37-14(2)15(3)41)39-26(44)17(31)6-5-7-36-28(32)33/h8,14,16-19,25,38,42-43H,5-7,9-12,31H2,1-4H3,(H2,34,46)(H,37,45)(H,39,44)(H4,32,33,36). The maximum absolute atomic E-state index is 13.0. The first-order chi connectivity index (χ1) is 23.6.